The summed E-state index contributed by atoms with van der Waals surface area (Å²) in [5.74, 6) is -0.159. The van der Waals surface area contributed by atoms with Crippen LogP contribution in [0.5, 0.6) is 0 Å². The Morgan fingerprint density at radius 3 is 2.68 bits per heavy atom. The zero-order valence-electron chi connectivity index (χ0n) is 13.9. The lowest BCUT2D eigenvalue weighted by molar-refractivity contribution is 0.100. The van der Waals surface area contributed by atoms with Crippen molar-refractivity contribution in [3.05, 3.63) is 54.1 Å². The molecule has 1 unspecified atom stereocenters. The van der Waals surface area contributed by atoms with E-state index in [4.69, 9.17) is 5.73 Å². The average molecular weight is 338 g/mol. The van der Waals surface area contributed by atoms with Crippen molar-refractivity contribution >= 4 is 17.1 Å². The molecule has 1 aliphatic carbocycles. The number of nitrogens with one attached hydrogen (secondary N) is 1. The first kappa shape index (κ1) is 15.6. The molecule has 6 heteroatoms. The second-order valence-electron chi connectivity index (χ2n) is 6.63. The Balaban J connectivity index is 1.82. The number of rotatable bonds is 5. The van der Waals surface area contributed by atoms with Crippen molar-refractivity contribution in [2.45, 2.75) is 25.8 Å². The van der Waals surface area contributed by atoms with E-state index >= 15 is 0 Å². The summed E-state index contributed by atoms with van der Waals surface area (Å²) in [6.07, 6.45) is 5.75. The van der Waals surface area contributed by atoms with Gasteiger partial charge < -0.3 is 11.1 Å². The first-order valence-corrected chi connectivity index (χ1v) is 8.36. The van der Waals surface area contributed by atoms with Crippen LogP contribution in [0, 0.1) is 11.7 Å². The van der Waals surface area contributed by atoms with Crippen molar-refractivity contribution < 1.29 is 9.18 Å². The van der Waals surface area contributed by atoms with Gasteiger partial charge in [-0.2, -0.15) is 5.10 Å². The minimum Gasteiger partial charge on any atom is -0.380 e. The van der Waals surface area contributed by atoms with Gasteiger partial charge in [0.2, 0.25) is 0 Å². The van der Waals surface area contributed by atoms with E-state index in [9.17, 15) is 9.18 Å². The van der Waals surface area contributed by atoms with Crippen LogP contribution in [-0.4, -0.2) is 21.6 Å². The summed E-state index contributed by atoms with van der Waals surface area (Å²) in [5, 5.41) is 7.75. The fourth-order valence-corrected chi connectivity index (χ4v) is 3.14. The van der Waals surface area contributed by atoms with E-state index in [2.05, 4.69) is 17.3 Å². The summed E-state index contributed by atoms with van der Waals surface area (Å²) >= 11 is 0. The summed E-state index contributed by atoms with van der Waals surface area (Å²) in [4.78, 5) is 11.8. The van der Waals surface area contributed by atoms with E-state index in [-0.39, 0.29) is 11.9 Å². The standard InChI is InChI=1S/C19H19FN4O/c1-11(12-2-3-12)23-18-16(19(21)25)9-22-24-10-14(8-17(18)24)13-4-6-15(20)7-5-13/h4-12,23H,2-3H2,1H3,(H2,21,25). The Hall–Kier alpha value is -2.89. The van der Waals surface area contributed by atoms with Gasteiger partial charge in [0.15, 0.2) is 0 Å². The van der Waals surface area contributed by atoms with E-state index in [0.717, 1.165) is 16.6 Å². The largest absolute Gasteiger partial charge is 0.380 e. The van der Waals surface area contributed by atoms with Crippen LogP contribution in [-0.2, 0) is 0 Å². The van der Waals surface area contributed by atoms with Crippen molar-refractivity contribution in [2.24, 2.45) is 11.7 Å². The van der Waals surface area contributed by atoms with Crippen LogP contribution < -0.4 is 11.1 Å². The smallest absolute Gasteiger partial charge is 0.252 e. The van der Waals surface area contributed by atoms with Gasteiger partial charge in [-0.1, -0.05) is 12.1 Å². The van der Waals surface area contributed by atoms with E-state index in [1.807, 2.05) is 12.3 Å². The number of hydrogen-bond acceptors (Lipinski definition) is 3. The molecule has 25 heavy (non-hydrogen) atoms. The molecule has 2 heterocycles. The number of nitrogens with two attached hydrogens (primary N) is 1. The number of benzene rings is 1. The van der Waals surface area contributed by atoms with E-state index in [1.54, 1.807) is 16.6 Å². The lowest BCUT2D eigenvalue weighted by Crippen LogP contribution is -2.22. The third-order valence-corrected chi connectivity index (χ3v) is 4.78. The van der Waals surface area contributed by atoms with E-state index < -0.39 is 5.91 Å². The molecular formula is C19H19FN4O. The van der Waals surface area contributed by atoms with Gasteiger partial charge in [-0.05, 0) is 49.4 Å². The van der Waals surface area contributed by atoms with E-state index in [0.29, 0.717) is 17.2 Å². The molecular weight excluding hydrogens is 319 g/mol. The third kappa shape index (κ3) is 2.95. The number of amides is 1. The maximum Gasteiger partial charge on any atom is 0.252 e. The van der Waals surface area contributed by atoms with E-state index in [1.165, 1.54) is 31.2 Å². The zero-order chi connectivity index (χ0) is 17.6. The Morgan fingerprint density at radius 1 is 1.32 bits per heavy atom. The Morgan fingerprint density at radius 2 is 2.04 bits per heavy atom. The molecule has 1 atom stereocenters. The van der Waals surface area contributed by atoms with Gasteiger partial charge in [0.25, 0.3) is 5.91 Å². The molecule has 4 rings (SSSR count). The second kappa shape index (κ2) is 5.88. The molecule has 0 saturated heterocycles. The second-order valence-corrected chi connectivity index (χ2v) is 6.63. The maximum absolute atomic E-state index is 13.2. The number of nitrogens with zero attached hydrogens (tertiary/aromatic N) is 2. The summed E-state index contributed by atoms with van der Waals surface area (Å²) < 4.78 is 14.9. The molecule has 128 valence electrons. The van der Waals surface area contributed by atoms with Crippen LogP contribution in [0.4, 0.5) is 10.1 Å². The van der Waals surface area contributed by atoms with Gasteiger partial charge in [0.1, 0.15) is 5.82 Å². The minimum absolute atomic E-state index is 0.258. The fourth-order valence-electron chi connectivity index (χ4n) is 3.14. The topological polar surface area (TPSA) is 72.4 Å². The predicted octanol–water partition coefficient (Wildman–Crippen LogP) is 3.45. The lowest BCUT2D eigenvalue weighted by atomic mass is 10.1. The molecule has 1 saturated carbocycles. The van der Waals surface area contributed by atoms with Gasteiger partial charge in [-0.25, -0.2) is 8.91 Å². The number of fused-ring (bicyclic) bond motifs is 1. The summed E-state index contributed by atoms with van der Waals surface area (Å²) in [6, 6.07) is 8.49. The normalized spacial score (nSPS) is 15.3. The van der Waals surface area contributed by atoms with Crippen LogP contribution in [0.2, 0.25) is 0 Å². The zero-order valence-corrected chi connectivity index (χ0v) is 13.9. The van der Waals surface area contributed by atoms with Crippen LogP contribution in [0.25, 0.3) is 16.6 Å². The Kier molecular flexibility index (Phi) is 3.67. The summed E-state index contributed by atoms with van der Waals surface area (Å²) in [6.45, 7) is 2.11. The van der Waals surface area contributed by atoms with Crippen LogP contribution in [0.3, 0.4) is 0 Å². The minimum atomic E-state index is -0.509. The van der Waals surface area contributed by atoms with Gasteiger partial charge in [-0.15, -0.1) is 0 Å². The molecule has 0 spiro atoms. The quantitative estimate of drug-likeness (QED) is 0.748. The maximum atomic E-state index is 13.2. The fraction of sp³-hybridized carbons (Fsp3) is 0.263. The van der Waals surface area contributed by atoms with Gasteiger partial charge >= 0.3 is 0 Å². The van der Waals surface area contributed by atoms with Crippen LogP contribution in [0.1, 0.15) is 30.1 Å². The highest BCUT2D eigenvalue weighted by molar-refractivity contribution is 6.02. The average Bonchev–Trinajstić information content (AvgIpc) is 3.34. The van der Waals surface area contributed by atoms with Gasteiger partial charge in [-0.3, -0.25) is 4.79 Å². The predicted molar refractivity (Wildman–Crippen MR) is 94.9 cm³/mol. The number of anilines is 1. The lowest BCUT2D eigenvalue weighted by Gasteiger charge is -2.17. The third-order valence-electron chi connectivity index (χ3n) is 4.78. The van der Waals surface area contributed by atoms with Gasteiger partial charge in [0.05, 0.1) is 23.0 Å². The van der Waals surface area contributed by atoms with Gasteiger partial charge in [0, 0.05) is 17.8 Å². The van der Waals surface area contributed by atoms with Crippen LogP contribution in [0.15, 0.2) is 42.7 Å². The molecule has 3 N–H and O–H groups in total. The number of halogens is 1. The molecule has 0 radical (unpaired) electrons. The Labute approximate surface area is 144 Å². The molecule has 5 nitrogen and oxygen atoms in total. The molecule has 1 amide bonds. The van der Waals surface area contributed by atoms with Crippen molar-refractivity contribution in [3.63, 3.8) is 0 Å². The SMILES string of the molecule is CC(Nc1c(C(N)=O)cnn2cc(-c3ccc(F)cc3)cc12)C1CC1. The van der Waals surface area contributed by atoms with Crippen molar-refractivity contribution in [1.82, 2.24) is 9.61 Å². The number of carbonyl (C=O) groups is 1. The number of primary amides is 1. The highest BCUT2D eigenvalue weighted by Crippen LogP contribution is 2.36. The molecule has 1 aromatic carbocycles. The molecule has 3 aromatic rings. The summed E-state index contributed by atoms with van der Waals surface area (Å²) in [7, 11) is 0. The molecule has 1 fully saturated rings. The highest BCUT2D eigenvalue weighted by atomic mass is 19.1. The van der Waals surface area contributed by atoms with Crippen molar-refractivity contribution in [3.8, 4) is 11.1 Å². The monoisotopic (exact) mass is 338 g/mol. The molecule has 2 aromatic heterocycles. The molecule has 0 aliphatic heterocycles. The van der Waals surface area contributed by atoms with Crippen molar-refractivity contribution in [1.29, 1.82) is 0 Å². The van der Waals surface area contributed by atoms with Crippen LogP contribution >= 0.6 is 0 Å². The summed E-state index contributed by atoms with van der Waals surface area (Å²) in [5.41, 5.74) is 9.18. The molecule has 1 aliphatic rings. The molecule has 0 bridgehead atoms. The first-order chi connectivity index (χ1) is 12.0. The number of carbonyl (C=O) groups excluding carboxylic acids is 1. The Bertz CT molecular complexity index is 944. The van der Waals surface area contributed by atoms with Crippen molar-refractivity contribution in [2.75, 3.05) is 5.32 Å². The first-order valence-electron chi connectivity index (χ1n) is 8.36. The number of hydrogen-bond donors (Lipinski definition) is 2. The number of aromatic nitrogens is 2. The highest BCUT2D eigenvalue weighted by Gasteiger charge is 2.29.